The van der Waals surface area contributed by atoms with E-state index < -0.39 is 0 Å². The first-order valence-electron chi connectivity index (χ1n) is 7.52. The van der Waals surface area contributed by atoms with Crippen molar-refractivity contribution in [3.63, 3.8) is 0 Å². The van der Waals surface area contributed by atoms with E-state index in [-0.39, 0.29) is 0 Å². The molecule has 0 bridgehead atoms. The zero-order valence-electron chi connectivity index (χ0n) is 12.7. The molecular weight excluding hydrogens is 280 g/mol. The lowest BCUT2D eigenvalue weighted by molar-refractivity contribution is 0.210. The van der Waals surface area contributed by atoms with Gasteiger partial charge in [0.25, 0.3) is 0 Å². The largest absolute Gasteiger partial charge is 0.366 e. The minimum absolute atomic E-state index is 0.481. The van der Waals surface area contributed by atoms with E-state index in [1.807, 2.05) is 24.3 Å². The molecule has 3 heterocycles. The van der Waals surface area contributed by atoms with E-state index in [0.717, 1.165) is 24.6 Å². The van der Waals surface area contributed by atoms with Crippen LogP contribution in [0.25, 0.3) is 0 Å². The molecule has 21 heavy (non-hydrogen) atoms. The van der Waals surface area contributed by atoms with Crippen molar-refractivity contribution in [1.29, 1.82) is 0 Å². The lowest BCUT2D eigenvalue weighted by Gasteiger charge is -2.33. The summed E-state index contributed by atoms with van der Waals surface area (Å²) in [7, 11) is 0. The topological polar surface area (TPSA) is 41.0 Å². The van der Waals surface area contributed by atoms with Gasteiger partial charge >= 0.3 is 0 Å². The molecule has 0 saturated carbocycles. The van der Waals surface area contributed by atoms with Crippen molar-refractivity contribution in [3.8, 4) is 0 Å². The molecule has 0 aliphatic carbocycles. The van der Waals surface area contributed by atoms with Crippen LogP contribution in [0.5, 0.6) is 0 Å². The molecule has 112 valence electrons. The smallest absolute Gasteiger partial charge is 0.129 e. The summed E-state index contributed by atoms with van der Waals surface area (Å²) < 4.78 is 0. The van der Waals surface area contributed by atoms with E-state index in [1.165, 1.54) is 29.1 Å². The van der Waals surface area contributed by atoms with Crippen molar-refractivity contribution in [1.82, 2.24) is 14.9 Å². The van der Waals surface area contributed by atoms with Crippen LogP contribution in [-0.4, -0.2) is 34.0 Å². The lowest BCUT2D eigenvalue weighted by atomic mass is 10.1. The van der Waals surface area contributed by atoms with Gasteiger partial charge in [-0.05, 0) is 45.4 Å². The first kappa shape index (κ1) is 14.5. The van der Waals surface area contributed by atoms with Gasteiger partial charge in [-0.1, -0.05) is 0 Å². The Hall–Kier alpha value is -1.46. The van der Waals surface area contributed by atoms with E-state index in [1.54, 1.807) is 6.33 Å². The highest BCUT2D eigenvalue weighted by atomic mass is 32.1. The molecule has 1 atom stereocenters. The molecular formula is C16H22N4S. The molecule has 1 aliphatic rings. The van der Waals surface area contributed by atoms with E-state index in [4.69, 9.17) is 0 Å². The maximum atomic E-state index is 4.31. The van der Waals surface area contributed by atoms with Crippen LogP contribution in [0, 0.1) is 13.8 Å². The zero-order chi connectivity index (χ0) is 14.7. The summed E-state index contributed by atoms with van der Waals surface area (Å²) in [5.74, 6) is 0.946. The second-order valence-electron chi connectivity index (χ2n) is 5.78. The molecule has 5 heteroatoms. The van der Waals surface area contributed by atoms with Gasteiger partial charge in [-0.15, -0.1) is 11.3 Å². The number of nitrogens with zero attached hydrogens (tertiary/aromatic N) is 3. The Bertz CT molecular complexity index is 595. The number of likely N-dealkylation sites (tertiary alicyclic amines) is 1. The third kappa shape index (κ3) is 4.02. The van der Waals surface area contributed by atoms with E-state index in [9.17, 15) is 0 Å². The minimum Gasteiger partial charge on any atom is -0.366 e. The molecule has 0 spiro atoms. The van der Waals surface area contributed by atoms with E-state index in [0.29, 0.717) is 6.04 Å². The van der Waals surface area contributed by atoms with Crippen molar-refractivity contribution in [2.24, 2.45) is 0 Å². The Labute approximate surface area is 130 Å². The second kappa shape index (κ2) is 6.54. The molecule has 2 aromatic rings. The van der Waals surface area contributed by atoms with E-state index >= 15 is 0 Å². The molecule has 1 unspecified atom stereocenters. The first-order chi connectivity index (χ1) is 10.2. The van der Waals surface area contributed by atoms with Crippen molar-refractivity contribution in [3.05, 3.63) is 40.0 Å². The summed E-state index contributed by atoms with van der Waals surface area (Å²) in [6.07, 6.45) is 4.09. The molecule has 2 aromatic heterocycles. The van der Waals surface area contributed by atoms with Gasteiger partial charge in [-0.25, -0.2) is 9.97 Å². The maximum Gasteiger partial charge on any atom is 0.129 e. The van der Waals surface area contributed by atoms with Gasteiger partial charge in [0.2, 0.25) is 0 Å². The summed E-state index contributed by atoms with van der Waals surface area (Å²) >= 11 is 1.91. The average Bonchev–Trinajstić information content (AvgIpc) is 2.84. The number of aryl methyl sites for hydroxylation is 2. The third-order valence-electron chi connectivity index (χ3n) is 3.84. The van der Waals surface area contributed by atoms with Crippen molar-refractivity contribution in [2.45, 2.75) is 39.3 Å². The minimum atomic E-state index is 0.481. The Morgan fingerprint density at radius 3 is 3.00 bits per heavy atom. The fourth-order valence-corrected chi connectivity index (χ4v) is 3.78. The Morgan fingerprint density at radius 2 is 2.24 bits per heavy atom. The molecule has 1 fully saturated rings. The second-order valence-corrected chi connectivity index (χ2v) is 7.15. The highest BCUT2D eigenvalue weighted by Gasteiger charge is 2.20. The summed E-state index contributed by atoms with van der Waals surface area (Å²) in [4.78, 5) is 13.9. The number of aromatic nitrogens is 2. The highest BCUT2D eigenvalue weighted by Crippen LogP contribution is 2.21. The molecule has 0 amide bonds. The number of piperidine rings is 1. The van der Waals surface area contributed by atoms with Crippen LogP contribution < -0.4 is 5.32 Å². The highest BCUT2D eigenvalue weighted by molar-refractivity contribution is 7.11. The standard InChI is InChI=1S/C16H22N4S/c1-12-8-16(18-11-17-12)19-14-4-3-7-20(9-14)10-15-6-5-13(2)21-15/h5-6,8,11,14H,3-4,7,9-10H2,1-2H3,(H,17,18,19). The summed E-state index contributed by atoms with van der Waals surface area (Å²) in [5.41, 5.74) is 1.01. The van der Waals surface area contributed by atoms with Crippen LogP contribution in [0.4, 0.5) is 5.82 Å². The molecule has 0 radical (unpaired) electrons. The van der Waals surface area contributed by atoms with Gasteiger partial charge in [-0.3, -0.25) is 4.90 Å². The van der Waals surface area contributed by atoms with Gasteiger partial charge in [0, 0.05) is 40.6 Å². The van der Waals surface area contributed by atoms with Crippen molar-refractivity contribution < 1.29 is 0 Å². The number of hydrogen-bond donors (Lipinski definition) is 1. The zero-order valence-corrected chi connectivity index (χ0v) is 13.5. The van der Waals surface area contributed by atoms with Crippen LogP contribution >= 0.6 is 11.3 Å². The summed E-state index contributed by atoms with van der Waals surface area (Å²) in [6, 6.07) is 6.96. The van der Waals surface area contributed by atoms with Crippen LogP contribution in [-0.2, 0) is 6.54 Å². The third-order valence-corrected chi connectivity index (χ3v) is 4.82. The van der Waals surface area contributed by atoms with Gasteiger partial charge < -0.3 is 5.32 Å². The van der Waals surface area contributed by atoms with Gasteiger partial charge in [0.05, 0.1) is 0 Å². The van der Waals surface area contributed by atoms with Gasteiger partial charge in [0.15, 0.2) is 0 Å². The fraction of sp³-hybridized carbons (Fsp3) is 0.500. The van der Waals surface area contributed by atoms with E-state index in [2.05, 4.69) is 39.2 Å². The SMILES string of the molecule is Cc1cc(NC2CCCN(Cc3ccc(C)s3)C2)ncn1. The van der Waals surface area contributed by atoms with Crippen molar-refractivity contribution >= 4 is 17.2 Å². The Balaban J connectivity index is 1.58. The van der Waals surface area contributed by atoms with Gasteiger partial charge in [-0.2, -0.15) is 0 Å². The van der Waals surface area contributed by atoms with Crippen LogP contribution in [0.15, 0.2) is 24.5 Å². The van der Waals surface area contributed by atoms with Crippen molar-refractivity contribution in [2.75, 3.05) is 18.4 Å². The lowest BCUT2D eigenvalue weighted by Crippen LogP contribution is -2.41. The van der Waals surface area contributed by atoms with Crippen LogP contribution in [0.1, 0.15) is 28.3 Å². The molecule has 0 aromatic carbocycles. The fourth-order valence-electron chi connectivity index (χ4n) is 2.85. The number of rotatable bonds is 4. The van der Waals surface area contributed by atoms with Crippen LogP contribution in [0.3, 0.4) is 0 Å². The predicted molar refractivity (Wildman–Crippen MR) is 87.7 cm³/mol. The molecule has 1 saturated heterocycles. The normalized spacial score (nSPS) is 19.6. The summed E-state index contributed by atoms with van der Waals surface area (Å²) in [5, 5.41) is 3.55. The first-order valence-corrected chi connectivity index (χ1v) is 8.33. The number of hydrogen-bond acceptors (Lipinski definition) is 5. The molecule has 3 rings (SSSR count). The molecule has 4 nitrogen and oxygen atoms in total. The number of nitrogens with one attached hydrogen (secondary N) is 1. The molecule has 1 aliphatic heterocycles. The molecule has 1 N–H and O–H groups in total. The quantitative estimate of drug-likeness (QED) is 0.941. The summed E-state index contributed by atoms with van der Waals surface area (Å²) in [6.45, 7) is 7.52. The average molecular weight is 302 g/mol. The maximum absolute atomic E-state index is 4.31. The van der Waals surface area contributed by atoms with Gasteiger partial charge in [0.1, 0.15) is 12.1 Å². The van der Waals surface area contributed by atoms with Crippen LogP contribution in [0.2, 0.25) is 0 Å². The number of thiophene rings is 1. The predicted octanol–water partition coefficient (Wildman–Crippen LogP) is 3.23. The monoisotopic (exact) mass is 302 g/mol. The Kier molecular flexibility index (Phi) is 4.51. The number of anilines is 1. The Morgan fingerprint density at radius 1 is 1.33 bits per heavy atom.